The Kier molecular flexibility index (Phi) is 8.23. The first-order valence-corrected chi connectivity index (χ1v) is 14.1. The number of benzene rings is 3. The Morgan fingerprint density at radius 1 is 0.842 bits per heavy atom. The Morgan fingerprint density at radius 2 is 1.47 bits per heavy atom. The van der Waals surface area contributed by atoms with E-state index in [1.165, 1.54) is 5.56 Å². The number of carbonyl (C=O) groups excluding carboxylic acids is 2. The first-order valence-electron chi connectivity index (χ1n) is 14.1. The number of amides is 2. The Morgan fingerprint density at radius 3 is 2.08 bits per heavy atom. The molecule has 0 aromatic heterocycles. The summed E-state index contributed by atoms with van der Waals surface area (Å²) in [4.78, 5) is 28.1. The third-order valence-electron chi connectivity index (χ3n) is 8.25. The summed E-state index contributed by atoms with van der Waals surface area (Å²) in [5.74, 6) is 0.956. The molecular formula is C33H39N3O2. The normalized spacial score (nSPS) is 16.7. The van der Waals surface area contributed by atoms with Gasteiger partial charge >= 0.3 is 0 Å². The molecule has 0 spiro atoms. The highest BCUT2D eigenvalue weighted by atomic mass is 16.2. The quantitative estimate of drug-likeness (QED) is 0.343. The molecule has 0 unspecified atom stereocenters. The highest BCUT2D eigenvalue weighted by Crippen LogP contribution is 2.33. The van der Waals surface area contributed by atoms with Crippen molar-refractivity contribution in [3.8, 4) is 0 Å². The van der Waals surface area contributed by atoms with Gasteiger partial charge < -0.3 is 15.5 Å². The molecule has 1 aliphatic carbocycles. The first-order chi connectivity index (χ1) is 18.5. The third kappa shape index (κ3) is 6.16. The molecule has 2 N–H and O–H groups in total. The maximum atomic E-state index is 13.5. The van der Waals surface area contributed by atoms with E-state index in [-0.39, 0.29) is 17.7 Å². The van der Waals surface area contributed by atoms with E-state index in [1.54, 1.807) is 0 Å². The van der Waals surface area contributed by atoms with E-state index in [2.05, 4.69) is 33.7 Å². The zero-order chi connectivity index (χ0) is 26.4. The third-order valence-corrected chi connectivity index (χ3v) is 8.25. The fourth-order valence-electron chi connectivity index (χ4n) is 5.60. The van der Waals surface area contributed by atoms with Gasteiger partial charge in [0.05, 0.1) is 5.41 Å². The number of likely N-dealkylation sites (tertiary alicyclic amines) is 1. The Labute approximate surface area is 226 Å². The van der Waals surface area contributed by atoms with Gasteiger partial charge in [0, 0.05) is 18.2 Å². The smallest absolute Gasteiger partial charge is 0.234 e. The zero-order valence-corrected chi connectivity index (χ0v) is 22.4. The van der Waals surface area contributed by atoms with E-state index < -0.39 is 5.41 Å². The molecule has 1 aliphatic heterocycles. The monoisotopic (exact) mass is 509 g/mol. The molecule has 1 heterocycles. The Bertz CT molecular complexity index is 1180. The van der Waals surface area contributed by atoms with E-state index in [0.717, 1.165) is 68.6 Å². The van der Waals surface area contributed by atoms with Crippen molar-refractivity contribution in [2.45, 2.75) is 50.4 Å². The molecule has 3 aromatic rings. The molecular weight excluding hydrogens is 470 g/mol. The van der Waals surface area contributed by atoms with Crippen LogP contribution in [-0.2, 0) is 15.0 Å². The number of anilines is 1. The van der Waals surface area contributed by atoms with Gasteiger partial charge in [0.2, 0.25) is 11.8 Å². The zero-order valence-electron chi connectivity index (χ0n) is 22.4. The van der Waals surface area contributed by atoms with Gasteiger partial charge in [-0.05, 0) is 93.4 Å². The summed E-state index contributed by atoms with van der Waals surface area (Å²) < 4.78 is 0. The molecule has 198 valence electrons. The molecule has 5 heteroatoms. The lowest BCUT2D eigenvalue weighted by molar-refractivity contribution is -0.124. The van der Waals surface area contributed by atoms with Crippen LogP contribution < -0.4 is 10.6 Å². The Balaban J connectivity index is 1.09. The van der Waals surface area contributed by atoms with E-state index in [0.29, 0.717) is 12.5 Å². The first kappa shape index (κ1) is 26.2. The number of hydrogen-bond acceptors (Lipinski definition) is 3. The second-order valence-electron chi connectivity index (χ2n) is 11.0. The van der Waals surface area contributed by atoms with Crippen molar-refractivity contribution in [1.29, 1.82) is 0 Å². The molecule has 1 saturated carbocycles. The van der Waals surface area contributed by atoms with Crippen molar-refractivity contribution in [2.24, 2.45) is 5.92 Å². The standard InChI is InChI=1S/C33H39N3O2/c1-33(28-11-4-2-5-12-28,29-13-6-3-7-14-29)32(38)34-20-9-21-36-22-18-25(19-23-36)27-10-8-15-30(24-27)35-31(37)26-16-17-26/h2-8,10-15,24-26H,9,16-23H2,1H3,(H,34,38)(H,35,37). The summed E-state index contributed by atoms with van der Waals surface area (Å²) >= 11 is 0. The maximum absolute atomic E-state index is 13.5. The maximum Gasteiger partial charge on any atom is 0.234 e. The molecule has 5 rings (SSSR count). The van der Waals surface area contributed by atoms with Gasteiger partial charge in [0.15, 0.2) is 0 Å². The summed E-state index contributed by atoms with van der Waals surface area (Å²) in [5, 5.41) is 6.31. The molecule has 2 aliphatic rings. The molecule has 0 radical (unpaired) electrons. The summed E-state index contributed by atoms with van der Waals surface area (Å²) in [6, 6.07) is 28.5. The topological polar surface area (TPSA) is 61.4 Å². The van der Waals surface area contributed by atoms with Crippen molar-refractivity contribution in [2.75, 3.05) is 31.5 Å². The average molecular weight is 510 g/mol. The van der Waals surface area contributed by atoms with Gasteiger partial charge in [0.25, 0.3) is 0 Å². The predicted octanol–water partition coefficient (Wildman–Crippen LogP) is 5.73. The van der Waals surface area contributed by atoms with Crippen LogP contribution in [0.15, 0.2) is 84.9 Å². The highest BCUT2D eigenvalue weighted by Gasteiger charge is 2.36. The molecule has 5 nitrogen and oxygen atoms in total. The molecule has 3 aromatic carbocycles. The second kappa shape index (κ2) is 12.0. The van der Waals surface area contributed by atoms with Gasteiger partial charge in [-0.2, -0.15) is 0 Å². The second-order valence-corrected chi connectivity index (χ2v) is 11.0. The molecule has 38 heavy (non-hydrogen) atoms. The predicted molar refractivity (Wildman–Crippen MR) is 153 cm³/mol. The van der Waals surface area contributed by atoms with E-state index in [1.807, 2.05) is 73.7 Å². The van der Waals surface area contributed by atoms with Crippen LogP contribution in [0, 0.1) is 5.92 Å². The minimum Gasteiger partial charge on any atom is -0.355 e. The van der Waals surface area contributed by atoms with Crippen LogP contribution in [0.5, 0.6) is 0 Å². The van der Waals surface area contributed by atoms with E-state index in [4.69, 9.17) is 0 Å². The van der Waals surface area contributed by atoms with E-state index in [9.17, 15) is 9.59 Å². The van der Waals surface area contributed by atoms with Crippen LogP contribution in [0.25, 0.3) is 0 Å². The lowest BCUT2D eigenvalue weighted by atomic mass is 9.75. The summed E-state index contributed by atoms with van der Waals surface area (Å²) in [5.41, 5.74) is 3.53. The fraction of sp³-hybridized carbons (Fsp3) is 0.394. The average Bonchev–Trinajstić information content (AvgIpc) is 3.82. The largest absolute Gasteiger partial charge is 0.355 e. The van der Waals surface area contributed by atoms with E-state index >= 15 is 0 Å². The van der Waals surface area contributed by atoms with Gasteiger partial charge in [-0.3, -0.25) is 9.59 Å². The van der Waals surface area contributed by atoms with Crippen LogP contribution in [-0.4, -0.2) is 42.9 Å². The highest BCUT2D eigenvalue weighted by molar-refractivity contribution is 5.94. The van der Waals surface area contributed by atoms with Gasteiger partial charge in [-0.25, -0.2) is 0 Å². The van der Waals surface area contributed by atoms with Crippen molar-refractivity contribution in [3.05, 3.63) is 102 Å². The van der Waals surface area contributed by atoms with Crippen molar-refractivity contribution >= 4 is 17.5 Å². The van der Waals surface area contributed by atoms with Gasteiger partial charge in [-0.15, -0.1) is 0 Å². The minimum absolute atomic E-state index is 0.0438. The molecule has 2 amide bonds. The van der Waals surface area contributed by atoms with Crippen LogP contribution in [0.2, 0.25) is 0 Å². The molecule has 0 atom stereocenters. The van der Waals surface area contributed by atoms with Crippen LogP contribution in [0.3, 0.4) is 0 Å². The fourth-order valence-corrected chi connectivity index (χ4v) is 5.60. The number of nitrogens with zero attached hydrogens (tertiary/aromatic N) is 1. The SMILES string of the molecule is CC(C(=O)NCCCN1CCC(c2cccc(NC(=O)C3CC3)c2)CC1)(c1ccccc1)c1ccccc1. The van der Waals surface area contributed by atoms with Crippen LogP contribution in [0.4, 0.5) is 5.69 Å². The lowest BCUT2D eigenvalue weighted by Crippen LogP contribution is -2.44. The number of carbonyl (C=O) groups is 2. The van der Waals surface area contributed by atoms with Crippen molar-refractivity contribution in [1.82, 2.24) is 10.2 Å². The van der Waals surface area contributed by atoms with Gasteiger partial charge in [0.1, 0.15) is 0 Å². The molecule has 0 bridgehead atoms. The minimum atomic E-state index is -0.729. The lowest BCUT2D eigenvalue weighted by Gasteiger charge is -2.33. The molecule has 1 saturated heterocycles. The summed E-state index contributed by atoms with van der Waals surface area (Å²) in [6.07, 6.45) is 5.21. The Hall–Kier alpha value is -3.44. The number of nitrogens with one attached hydrogen (secondary N) is 2. The number of hydrogen-bond donors (Lipinski definition) is 2. The van der Waals surface area contributed by atoms with Crippen LogP contribution >= 0.6 is 0 Å². The van der Waals surface area contributed by atoms with Crippen molar-refractivity contribution in [3.63, 3.8) is 0 Å². The van der Waals surface area contributed by atoms with Gasteiger partial charge in [-0.1, -0.05) is 72.8 Å². The number of piperidine rings is 1. The molecule has 2 fully saturated rings. The van der Waals surface area contributed by atoms with Crippen molar-refractivity contribution < 1.29 is 9.59 Å². The summed E-state index contributed by atoms with van der Waals surface area (Å²) in [6.45, 7) is 5.78. The summed E-state index contributed by atoms with van der Waals surface area (Å²) in [7, 11) is 0. The van der Waals surface area contributed by atoms with Crippen LogP contribution in [0.1, 0.15) is 61.6 Å². The number of rotatable bonds is 10.